The number of carbonyl (C=O) groups is 1. The average molecular weight is 475 g/mol. The quantitative estimate of drug-likeness (QED) is 0.413. The third kappa shape index (κ3) is 5.21. The topological polar surface area (TPSA) is 110 Å². The molecule has 2 N–H and O–H groups in total. The minimum absolute atomic E-state index is 0.115. The number of urea groups is 1. The zero-order chi connectivity index (χ0) is 24.0. The van der Waals surface area contributed by atoms with Gasteiger partial charge in [-0.15, -0.1) is 0 Å². The Morgan fingerprint density at radius 2 is 1.68 bits per heavy atom. The van der Waals surface area contributed by atoms with Gasteiger partial charge in [0.05, 0.1) is 16.9 Å². The number of sulfone groups is 1. The second-order valence-electron chi connectivity index (χ2n) is 7.28. The van der Waals surface area contributed by atoms with Crippen molar-refractivity contribution in [2.24, 2.45) is 0 Å². The van der Waals surface area contributed by atoms with Crippen LogP contribution in [-0.4, -0.2) is 31.5 Å². The van der Waals surface area contributed by atoms with Crippen LogP contribution in [0, 0.1) is 0 Å². The minimum atomic E-state index is -3.82. The van der Waals surface area contributed by atoms with Crippen LogP contribution in [0.25, 0.3) is 11.1 Å². The van der Waals surface area contributed by atoms with Gasteiger partial charge in [-0.1, -0.05) is 18.2 Å². The van der Waals surface area contributed by atoms with E-state index in [2.05, 4.69) is 20.6 Å². The Labute approximate surface area is 197 Å². The molecule has 2 amide bonds. The van der Waals surface area contributed by atoms with E-state index in [1.54, 1.807) is 79.3 Å². The van der Waals surface area contributed by atoms with Gasteiger partial charge in [-0.2, -0.15) is 0 Å². The number of aromatic nitrogens is 2. The van der Waals surface area contributed by atoms with Crippen molar-refractivity contribution in [3.8, 4) is 17.0 Å². The van der Waals surface area contributed by atoms with Crippen LogP contribution in [0.15, 0.2) is 101 Å². The van der Waals surface area contributed by atoms with Crippen LogP contribution in [0.3, 0.4) is 0 Å². The molecule has 0 aliphatic rings. The molecule has 4 rings (SSSR count). The lowest BCUT2D eigenvalue weighted by Gasteiger charge is -2.12. The first-order valence-corrected chi connectivity index (χ1v) is 11.8. The van der Waals surface area contributed by atoms with Gasteiger partial charge in [0.25, 0.3) is 0 Å². The van der Waals surface area contributed by atoms with Crippen LogP contribution < -0.4 is 15.4 Å². The lowest BCUT2D eigenvalue weighted by atomic mass is 10.1. The molecule has 0 saturated heterocycles. The molecule has 0 bridgehead atoms. The predicted octanol–water partition coefficient (Wildman–Crippen LogP) is 4.31. The maximum atomic E-state index is 13.4. The fraction of sp³-hybridized carbons (Fsp3) is 0.0800. The van der Waals surface area contributed by atoms with Crippen molar-refractivity contribution in [3.63, 3.8) is 0 Å². The summed E-state index contributed by atoms with van der Waals surface area (Å²) >= 11 is 0. The first-order valence-electron chi connectivity index (χ1n) is 10.4. The predicted molar refractivity (Wildman–Crippen MR) is 128 cm³/mol. The number of ether oxygens (including phenoxy) is 1. The molecule has 8 nitrogen and oxygen atoms in total. The Kier molecular flexibility index (Phi) is 6.84. The summed E-state index contributed by atoms with van der Waals surface area (Å²) in [6.45, 7) is 0.345. The highest BCUT2D eigenvalue weighted by molar-refractivity contribution is 7.91. The van der Waals surface area contributed by atoms with Gasteiger partial charge >= 0.3 is 6.03 Å². The number of pyridine rings is 2. The van der Waals surface area contributed by atoms with E-state index in [0.29, 0.717) is 29.2 Å². The Morgan fingerprint density at radius 1 is 0.941 bits per heavy atom. The minimum Gasteiger partial charge on any atom is -0.481 e. The summed E-state index contributed by atoms with van der Waals surface area (Å²) < 4.78 is 31.9. The second kappa shape index (κ2) is 10.1. The highest BCUT2D eigenvalue weighted by atomic mass is 32.2. The van der Waals surface area contributed by atoms with Gasteiger partial charge in [0, 0.05) is 48.0 Å². The Hall–Kier alpha value is -4.24. The molecule has 172 valence electrons. The number of rotatable bonds is 7. The summed E-state index contributed by atoms with van der Waals surface area (Å²) in [5.41, 5.74) is 2.58. The first kappa shape index (κ1) is 22.9. The van der Waals surface area contributed by atoms with Gasteiger partial charge in [-0.3, -0.25) is 4.98 Å². The molecule has 0 spiro atoms. The van der Waals surface area contributed by atoms with Crippen molar-refractivity contribution in [3.05, 3.63) is 97.0 Å². The summed E-state index contributed by atoms with van der Waals surface area (Å²) in [7, 11) is -2.30. The number of hydrogen-bond donors (Lipinski definition) is 2. The number of amides is 2. The zero-order valence-corrected chi connectivity index (χ0v) is 19.1. The SMILES string of the molecule is COc1ccc(-c2ccccc2S(=O)(=O)c2ccc(NC(=O)NCc3ccncc3)cc2)cn1. The molecule has 0 aliphatic heterocycles. The fourth-order valence-corrected chi connectivity index (χ4v) is 4.78. The van der Waals surface area contributed by atoms with E-state index in [1.807, 2.05) is 0 Å². The number of benzene rings is 2. The van der Waals surface area contributed by atoms with Crippen LogP contribution in [0.5, 0.6) is 5.88 Å². The molecule has 0 aliphatic carbocycles. The van der Waals surface area contributed by atoms with Crippen LogP contribution >= 0.6 is 0 Å². The lowest BCUT2D eigenvalue weighted by Crippen LogP contribution is -2.28. The second-order valence-corrected chi connectivity index (χ2v) is 9.19. The monoisotopic (exact) mass is 474 g/mol. The zero-order valence-electron chi connectivity index (χ0n) is 18.3. The molecule has 0 fully saturated rings. The van der Waals surface area contributed by atoms with E-state index < -0.39 is 15.9 Å². The van der Waals surface area contributed by atoms with Crippen LogP contribution in [0.2, 0.25) is 0 Å². The van der Waals surface area contributed by atoms with E-state index in [0.717, 1.165) is 5.56 Å². The molecule has 4 aromatic rings. The van der Waals surface area contributed by atoms with Crippen molar-refractivity contribution in [1.82, 2.24) is 15.3 Å². The molecule has 9 heteroatoms. The van der Waals surface area contributed by atoms with E-state index in [4.69, 9.17) is 4.74 Å². The number of carbonyl (C=O) groups excluding carboxylic acids is 1. The fourth-order valence-electron chi connectivity index (χ4n) is 3.30. The molecular formula is C25H22N4O4S. The number of hydrogen-bond acceptors (Lipinski definition) is 6. The largest absolute Gasteiger partial charge is 0.481 e. The summed E-state index contributed by atoms with van der Waals surface area (Å²) in [6, 6.07) is 19.4. The summed E-state index contributed by atoms with van der Waals surface area (Å²) in [5, 5.41) is 5.44. The third-order valence-corrected chi connectivity index (χ3v) is 6.89. The third-order valence-electron chi connectivity index (χ3n) is 5.06. The normalized spacial score (nSPS) is 11.0. The van der Waals surface area contributed by atoms with Crippen molar-refractivity contribution in [2.75, 3.05) is 12.4 Å². The van der Waals surface area contributed by atoms with Gasteiger partial charge in [-0.25, -0.2) is 18.2 Å². The number of nitrogens with one attached hydrogen (secondary N) is 2. The number of methoxy groups -OCH3 is 1. The highest BCUT2D eigenvalue weighted by Crippen LogP contribution is 2.32. The van der Waals surface area contributed by atoms with Gasteiger partial charge in [-0.05, 0) is 54.1 Å². The molecule has 0 saturated carbocycles. The summed E-state index contributed by atoms with van der Waals surface area (Å²) in [5.74, 6) is 0.442. The van der Waals surface area contributed by atoms with Gasteiger partial charge in [0.1, 0.15) is 0 Å². The molecule has 0 unspecified atom stereocenters. The molecule has 2 aromatic heterocycles. The van der Waals surface area contributed by atoms with Crippen LogP contribution in [0.4, 0.5) is 10.5 Å². The van der Waals surface area contributed by atoms with E-state index in [-0.39, 0.29) is 9.79 Å². The molecule has 34 heavy (non-hydrogen) atoms. The Balaban J connectivity index is 1.51. The molecule has 2 heterocycles. The number of nitrogens with zero attached hydrogens (tertiary/aromatic N) is 2. The van der Waals surface area contributed by atoms with Gasteiger partial charge in [0.15, 0.2) is 0 Å². The smallest absolute Gasteiger partial charge is 0.319 e. The van der Waals surface area contributed by atoms with Crippen LogP contribution in [-0.2, 0) is 16.4 Å². The van der Waals surface area contributed by atoms with Crippen molar-refractivity contribution < 1.29 is 17.9 Å². The standard InChI is InChI=1S/C25H22N4O4S/c1-33-24-11-6-19(17-27-24)22-4-2-3-5-23(22)34(31,32)21-9-7-20(8-10-21)29-25(30)28-16-18-12-14-26-15-13-18/h2-15,17H,16H2,1H3,(H2,28,29,30). The maximum absolute atomic E-state index is 13.4. The van der Waals surface area contributed by atoms with Crippen molar-refractivity contribution >= 4 is 21.6 Å². The Bertz CT molecular complexity index is 1370. The summed E-state index contributed by atoms with van der Waals surface area (Å²) in [6.07, 6.45) is 4.87. The first-order chi connectivity index (χ1) is 16.5. The molecule has 0 radical (unpaired) electrons. The van der Waals surface area contributed by atoms with E-state index >= 15 is 0 Å². The number of anilines is 1. The maximum Gasteiger partial charge on any atom is 0.319 e. The average Bonchev–Trinajstić information content (AvgIpc) is 2.88. The van der Waals surface area contributed by atoms with Crippen molar-refractivity contribution in [2.45, 2.75) is 16.3 Å². The van der Waals surface area contributed by atoms with Crippen molar-refractivity contribution in [1.29, 1.82) is 0 Å². The molecule has 2 aromatic carbocycles. The van der Waals surface area contributed by atoms with Crippen LogP contribution in [0.1, 0.15) is 5.56 Å². The van der Waals surface area contributed by atoms with Gasteiger partial charge < -0.3 is 15.4 Å². The molecule has 0 atom stereocenters. The van der Waals surface area contributed by atoms with Gasteiger partial charge in [0.2, 0.25) is 15.7 Å². The Morgan fingerprint density at radius 3 is 2.35 bits per heavy atom. The summed E-state index contributed by atoms with van der Waals surface area (Å²) in [4.78, 5) is 20.6. The highest BCUT2D eigenvalue weighted by Gasteiger charge is 2.22. The van der Waals surface area contributed by atoms with E-state index in [9.17, 15) is 13.2 Å². The lowest BCUT2D eigenvalue weighted by molar-refractivity contribution is 0.251. The van der Waals surface area contributed by atoms with E-state index in [1.165, 1.54) is 19.2 Å². The molecular weight excluding hydrogens is 452 g/mol.